The summed E-state index contributed by atoms with van der Waals surface area (Å²) in [7, 11) is 1.96. The molecule has 1 aliphatic rings. The van der Waals surface area contributed by atoms with Crippen LogP contribution in [0, 0.1) is 5.92 Å². The van der Waals surface area contributed by atoms with Crippen LogP contribution in [0.3, 0.4) is 0 Å². The zero-order valence-electron chi connectivity index (χ0n) is 10.5. The molecule has 0 fully saturated rings. The summed E-state index contributed by atoms with van der Waals surface area (Å²) in [5.74, 6) is -2.46. The van der Waals surface area contributed by atoms with Gasteiger partial charge in [0.1, 0.15) is 5.92 Å². The molecule has 0 bridgehead atoms. The Balaban J connectivity index is 2.34. The fourth-order valence-corrected chi connectivity index (χ4v) is 2.07. The SMILES string of the molecule is CC(C(=O)O)C(=O)N1CCN(C)c2ccccc21. The number of carbonyl (C=O) groups excluding carboxylic acids is 1. The van der Waals surface area contributed by atoms with Crippen LogP contribution >= 0.6 is 0 Å². The maximum absolute atomic E-state index is 12.1. The lowest BCUT2D eigenvalue weighted by molar-refractivity contribution is -0.145. The van der Waals surface area contributed by atoms with Crippen molar-refractivity contribution in [1.29, 1.82) is 0 Å². The second-order valence-electron chi connectivity index (χ2n) is 4.46. The summed E-state index contributed by atoms with van der Waals surface area (Å²) in [5, 5.41) is 8.93. The van der Waals surface area contributed by atoms with Gasteiger partial charge in [0, 0.05) is 20.1 Å². The number of likely N-dealkylation sites (N-methyl/N-ethyl adjacent to an activating group) is 1. The first-order valence-electron chi connectivity index (χ1n) is 5.86. The van der Waals surface area contributed by atoms with E-state index in [0.717, 1.165) is 11.4 Å². The minimum atomic E-state index is -1.09. The van der Waals surface area contributed by atoms with Gasteiger partial charge in [-0.15, -0.1) is 0 Å². The van der Waals surface area contributed by atoms with E-state index in [-0.39, 0.29) is 5.91 Å². The van der Waals surface area contributed by atoms with E-state index >= 15 is 0 Å². The summed E-state index contributed by atoms with van der Waals surface area (Å²) in [4.78, 5) is 26.7. The molecule has 1 atom stereocenters. The van der Waals surface area contributed by atoms with Gasteiger partial charge in [-0.05, 0) is 19.1 Å². The number of nitrogens with zero attached hydrogens (tertiary/aromatic N) is 2. The molecule has 0 saturated carbocycles. The van der Waals surface area contributed by atoms with Crippen LogP contribution in [0.25, 0.3) is 0 Å². The number of fused-ring (bicyclic) bond motifs is 1. The largest absolute Gasteiger partial charge is 0.481 e. The molecule has 1 unspecified atom stereocenters. The average Bonchev–Trinajstić information content (AvgIpc) is 2.38. The maximum atomic E-state index is 12.1. The molecule has 96 valence electrons. The Bertz CT molecular complexity index is 487. The number of anilines is 2. The normalized spacial score (nSPS) is 16.1. The Morgan fingerprint density at radius 2 is 1.83 bits per heavy atom. The Hall–Kier alpha value is -2.04. The van der Waals surface area contributed by atoms with Crippen LogP contribution in [0.5, 0.6) is 0 Å². The van der Waals surface area contributed by atoms with Gasteiger partial charge in [0.05, 0.1) is 11.4 Å². The third-order valence-corrected chi connectivity index (χ3v) is 3.25. The molecule has 1 aliphatic heterocycles. The third kappa shape index (κ3) is 2.03. The lowest BCUT2D eigenvalue weighted by Gasteiger charge is -2.36. The average molecular weight is 248 g/mol. The minimum Gasteiger partial charge on any atom is -0.481 e. The standard InChI is InChI=1S/C13H16N2O3/c1-9(13(17)18)12(16)15-8-7-14(2)10-5-3-4-6-11(10)15/h3-6,9H,7-8H2,1-2H3,(H,17,18). The van der Waals surface area contributed by atoms with E-state index < -0.39 is 11.9 Å². The highest BCUT2D eigenvalue weighted by Crippen LogP contribution is 2.32. The van der Waals surface area contributed by atoms with Crippen LogP contribution in [-0.4, -0.2) is 37.1 Å². The Labute approximate surface area is 106 Å². The van der Waals surface area contributed by atoms with Gasteiger partial charge < -0.3 is 14.9 Å². The fraction of sp³-hybridized carbons (Fsp3) is 0.385. The molecule has 1 N–H and O–H groups in total. The van der Waals surface area contributed by atoms with Gasteiger partial charge in [-0.25, -0.2) is 0 Å². The highest BCUT2D eigenvalue weighted by molar-refractivity contribution is 6.07. The van der Waals surface area contributed by atoms with E-state index in [1.165, 1.54) is 6.92 Å². The highest BCUT2D eigenvalue weighted by atomic mass is 16.4. The molecule has 0 aromatic heterocycles. The Kier molecular flexibility index (Phi) is 3.23. The van der Waals surface area contributed by atoms with Gasteiger partial charge in [-0.2, -0.15) is 0 Å². The molecular formula is C13H16N2O3. The molecule has 5 heteroatoms. The number of carboxylic acid groups (broad SMARTS) is 1. The van der Waals surface area contributed by atoms with Crippen molar-refractivity contribution in [3.8, 4) is 0 Å². The lowest BCUT2D eigenvalue weighted by Crippen LogP contribution is -2.46. The zero-order chi connectivity index (χ0) is 13.3. The number of aliphatic carboxylic acids is 1. The second-order valence-corrected chi connectivity index (χ2v) is 4.46. The smallest absolute Gasteiger partial charge is 0.315 e. The number of amides is 1. The van der Waals surface area contributed by atoms with Crippen molar-refractivity contribution < 1.29 is 14.7 Å². The van der Waals surface area contributed by atoms with Crippen molar-refractivity contribution in [3.63, 3.8) is 0 Å². The number of para-hydroxylation sites is 2. The summed E-state index contributed by atoms with van der Waals surface area (Å²) < 4.78 is 0. The number of hydrogen-bond acceptors (Lipinski definition) is 3. The summed E-state index contributed by atoms with van der Waals surface area (Å²) in [5.41, 5.74) is 1.74. The van der Waals surface area contributed by atoms with Crippen molar-refractivity contribution >= 4 is 23.3 Å². The molecule has 0 saturated heterocycles. The summed E-state index contributed by atoms with van der Waals surface area (Å²) in [6.07, 6.45) is 0. The fourth-order valence-electron chi connectivity index (χ4n) is 2.07. The van der Waals surface area contributed by atoms with E-state index in [2.05, 4.69) is 4.90 Å². The molecule has 1 aromatic rings. The molecule has 1 heterocycles. The van der Waals surface area contributed by atoms with E-state index in [4.69, 9.17) is 5.11 Å². The predicted octanol–water partition coefficient (Wildman–Crippen LogP) is 1.19. The number of benzene rings is 1. The first-order valence-corrected chi connectivity index (χ1v) is 5.86. The number of hydrogen-bond donors (Lipinski definition) is 1. The molecule has 0 aliphatic carbocycles. The van der Waals surface area contributed by atoms with Gasteiger partial charge in [-0.1, -0.05) is 12.1 Å². The molecule has 1 amide bonds. The van der Waals surface area contributed by atoms with Gasteiger partial charge in [-0.3, -0.25) is 9.59 Å². The van der Waals surface area contributed by atoms with Crippen LogP contribution in [0.1, 0.15) is 6.92 Å². The Morgan fingerprint density at radius 3 is 2.44 bits per heavy atom. The number of carbonyl (C=O) groups is 2. The van der Waals surface area contributed by atoms with Crippen molar-refractivity contribution in [3.05, 3.63) is 24.3 Å². The number of rotatable bonds is 2. The van der Waals surface area contributed by atoms with Crippen molar-refractivity contribution in [2.24, 2.45) is 5.92 Å². The van der Waals surface area contributed by atoms with Crippen LogP contribution in [0.2, 0.25) is 0 Å². The van der Waals surface area contributed by atoms with E-state index in [9.17, 15) is 9.59 Å². The second kappa shape index (κ2) is 4.68. The molecule has 0 spiro atoms. The summed E-state index contributed by atoms with van der Waals surface area (Å²) in [6, 6.07) is 7.53. The minimum absolute atomic E-state index is 0.358. The first kappa shape index (κ1) is 12.4. The summed E-state index contributed by atoms with van der Waals surface area (Å²) >= 11 is 0. The molecule has 5 nitrogen and oxygen atoms in total. The topological polar surface area (TPSA) is 60.9 Å². The van der Waals surface area contributed by atoms with Gasteiger partial charge >= 0.3 is 5.97 Å². The van der Waals surface area contributed by atoms with Crippen LogP contribution < -0.4 is 9.80 Å². The molecule has 0 radical (unpaired) electrons. The third-order valence-electron chi connectivity index (χ3n) is 3.25. The van der Waals surface area contributed by atoms with E-state index in [1.54, 1.807) is 4.90 Å². The molecular weight excluding hydrogens is 232 g/mol. The molecule has 18 heavy (non-hydrogen) atoms. The van der Waals surface area contributed by atoms with Crippen molar-refractivity contribution in [2.75, 3.05) is 29.9 Å². The highest BCUT2D eigenvalue weighted by Gasteiger charge is 2.31. The van der Waals surface area contributed by atoms with Crippen molar-refractivity contribution in [2.45, 2.75) is 6.92 Å². The first-order chi connectivity index (χ1) is 8.52. The maximum Gasteiger partial charge on any atom is 0.315 e. The van der Waals surface area contributed by atoms with Crippen molar-refractivity contribution in [1.82, 2.24) is 0 Å². The molecule has 1 aromatic carbocycles. The van der Waals surface area contributed by atoms with Crippen LogP contribution in [0.15, 0.2) is 24.3 Å². The van der Waals surface area contributed by atoms with Crippen LogP contribution in [0.4, 0.5) is 11.4 Å². The van der Waals surface area contributed by atoms with Gasteiger partial charge in [0.15, 0.2) is 0 Å². The quantitative estimate of drug-likeness (QED) is 0.799. The zero-order valence-corrected chi connectivity index (χ0v) is 10.5. The number of carboxylic acids is 1. The van der Waals surface area contributed by atoms with E-state index in [1.807, 2.05) is 31.3 Å². The lowest BCUT2D eigenvalue weighted by atomic mass is 10.1. The van der Waals surface area contributed by atoms with Gasteiger partial charge in [0.2, 0.25) is 5.91 Å². The predicted molar refractivity (Wildman–Crippen MR) is 68.9 cm³/mol. The van der Waals surface area contributed by atoms with E-state index in [0.29, 0.717) is 13.1 Å². The monoisotopic (exact) mass is 248 g/mol. The Morgan fingerprint density at radius 1 is 1.22 bits per heavy atom. The molecule has 2 rings (SSSR count). The summed E-state index contributed by atoms with van der Waals surface area (Å²) in [6.45, 7) is 2.64. The van der Waals surface area contributed by atoms with Crippen LogP contribution in [-0.2, 0) is 9.59 Å². The van der Waals surface area contributed by atoms with Gasteiger partial charge in [0.25, 0.3) is 0 Å².